The number of rotatable bonds is 2. The summed E-state index contributed by atoms with van der Waals surface area (Å²) >= 11 is 11.4. The molecule has 2 aromatic heterocycles. The maximum atomic E-state index is 12.1. The molecule has 19 heavy (non-hydrogen) atoms. The molecule has 0 aromatic carbocycles. The number of hydrogen-bond acceptors (Lipinski definition) is 5. The predicted molar refractivity (Wildman–Crippen MR) is 72.4 cm³/mol. The van der Waals surface area contributed by atoms with Crippen molar-refractivity contribution in [3.8, 4) is 0 Å². The fourth-order valence-electron chi connectivity index (χ4n) is 1.57. The van der Waals surface area contributed by atoms with Gasteiger partial charge in [0.15, 0.2) is 0 Å². The van der Waals surface area contributed by atoms with Gasteiger partial charge in [-0.1, -0.05) is 11.6 Å². The second kappa shape index (κ2) is 5.02. The molecule has 0 saturated carbocycles. The molecule has 2 aromatic rings. The van der Waals surface area contributed by atoms with Gasteiger partial charge in [0.25, 0.3) is 5.91 Å². The minimum absolute atomic E-state index is 0.0584. The Balaban J connectivity index is 2.30. The van der Waals surface area contributed by atoms with Gasteiger partial charge in [0.1, 0.15) is 16.7 Å². The summed E-state index contributed by atoms with van der Waals surface area (Å²) in [6.45, 7) is 1.71. The van der Waals surface area contributed by atoms with Gasteiger partial charge >= 0.3 is 0 Å². The Morgan fingerprint density at radius 1 is 1.42 bits per heavy atom. The zero-order chi connectivity index (χ0) is 14.2. The predicted octanol–water partition coefficient (Wildman–Crippen LogP) is 1.66. The smallest absolute Gasteiger partial charge is 0.277 e. The Morgan fingerprint density at radius 3 is 2.63 bits per heavy atom. The average molecular weight is 301 g/mol. The molecule has 3 N–H and O–H groups in total. The second-order valence-electron chi connectivity index (χ2n) is 3.77. The fourth-order valence-corrected chi connectivity index (χ4v) is 1.98. The number of nitrogen functional groups attached to an aromatic ring is 1. The third-order valence-corrected chi connectivity index (χ3v) is 2.76. The Labute approximate surface area is 118 Å². The molecule has 0 fully saturated rings. The van der Waals surface area contributed by atoms with Crippen molar-refractivity contribution in [1.29, 1.82) is 0 Å². The third-order valence-electron chi connectivity index (χ3n) is 2.39. The Kier molecular flexibility index (Phi) is 3.59. The summed E-state index contributed by atoms with van der Waals surface area (Å²) in [4.78, 5) is 19.6. The summed E-state index contributed by atoms with van der Waals surface area (Å²) in [5.41, 5.74) is 6.91. The van der Waals surface area contributed by atoms with Gasteiger partial charge in [-0.25, -0.2) is 9.97 Å². The molecule has 9 heteroatoms. The number of aryl methyl sites for hydroxylation is 2. The molecule has 2 heterocycles. The number of hydrogen-bond donors (Lipinski definition) is 2. The van der Waals surface area contributed by atoms with E-state index in [2.05, 4.69) is 20.4 Å². The van der Waals surface area contributed by atoms with Gasteiger partial charge in [0, 0.05) is 13.1 Å². The van der Waals surface area contributed by atoms with E-state index in [1.54, 1.807) is 14.0 Å². The number of carbonyl (C=O) groups excluding carboxylic acids is 1. The van der Waals surface area contributed by atoms with Crippen molar-refractivity contribution in [2.45, 2.75) is 6.92 Å². The molecule has 0 aliphatic heterocycles. The van der Waals surface area contributed by atoms with E-state index in [4.69, 9.17) is 28.9 Å². The van der Waals surface area contributed by atoms with Gasteiger partial charge in [-0.05, 0) is 18.5 Å². The van der Waals surface area contributed by atoms with Crippen molar-refractivity contribution in [1.82, 2.24) is 19.7 Å². The SMILES string of the molecule is Cc1nn(C)c(C(=O)Nc2cc(Cl)nc(Cl)n2)c1N. The van der Waals surface area contributed by atoms with Crippen LogP contribution < -0.4 is 11.1 Å². The van der Waals surface area contributed by atoms with E-state index in [1.807, 2.05) is 0 Å². The molecular weight excluding hydrogens is 291 g/mol. The average Bonchev–Trinajstić information content (AvgIpc) is 2.51. The summed E-state index contributed by atoms with van der Waals surface area (Å²) in [6.07, 6.45) is 0. The van der Waals surface area contributed by atoms with Gasteiger partial charge < -0.3 is 11.1 Å². The van der Waals surface area contributed by atoms with Crippen molar-refractivity contribution >= 4 is 40.6 Å². The highest BCUT2D eigenvalue weighted by Crippen LogP contribution is 2.18. The summed E-state index contributed by atoms with van der Waals surface area (Å²) in [5.74, 6) is -0.264. The molecule has 0 radical (unpaired) electrons. The zero-order valence-electron chi connectivity index (χ0n) is 10.1. The van der Waals surface area contributed by atoms with E-state index >= 15 is 0 Å². The fraction of sp³-hybridized carbons (Fsp3) is 0.200. The molecule has 0 atom stereocenters. The van der Waals surface area contributed by atoms with E-state index in [0.29, 0.717) is 11.4 Å². The van der Waals surface area contributed by atoms with Gasteiger partial charge in [-0.2, -0.15) is 5.10 Å². The van der Waals surface area contributed by atoms with E-state index in [1.165, 1.54) is 10.7 Å². The molecule has 2 rings (SSSR count). The Bertz CT molecular complexity index is 633. The lowest BCUT2D eigenvalue weighted by atomic mass is 10.3. The van der Waals surface area contributed by atoms with Crippen molar-refractivity contribution in [2.24, 2.45) is 7.05 Å². The molecule has 0 bridgehead atoms. The first-order valence-electron chi connectivity index (χ1n) is 5.19. The number of nitrogens with zero attached hydrogens (tertiary/aromatic N) is 4. The first-order valence-corrected chi connectivity index (χ1v) is 5.94. The highest BCUT2D eigenvalue weighted by Gasteiger charge is 2.18. The quantitative estimate of drug-likeness (QED) is 0.649. The van der Waals surface area contributed by atoms with Gasteiger partial charge in [-0.15, -0.1) is 0 Å². The molecule has 0 saturated heterocycles. The van der Waals surface area contributed by atoms with Crippen LogP contribution in [0.15, 0.2) is 6.07 Å². The van der Waals surface area contributed by atoms with Gasteiger partial charge in [0.2, 0.25) is 5.28 Å². The topological polar surface area (TPSA) is 98.7 Å². The number of halogens is 2. The summed E-state index contributed by atoms with van der Waals surface area (Å²) in [6, 6.07) is 1.38. The highest BCUT2D eigenvalue weighted by atomic mass is 35.5. The highest BCUT2D eigenvalue weighted by molar-refractivity contribution is 6.32. The first kappa shape index (κ1) is 13.6. The van der Waals surface area contributed by atoms with Gasteiger partial charge in [0.05, 0.1) is 11.4 Å². The minimum Gasteiger partial charge on any atom is -0.395 e. The van der Waals surface area contributed by atoms with Crippen LogP contribution in [0.25, 0.3) is 0 Å². The second-order valence-corrected chi connectivity index (χ2v) is 4.50. The summed E-state index contributed by atoms with van der Waals surface area (Å²) < 4.78 is 1.39. The van der Waals surface area contributed by atoms with Crippen molar-refractivity contribution in [3.05, 3.63) is 27.9 Å². The Morgan fingerprint density at radius 2 is 2.11 bits per heavy atom. The minimum atomic E-state index is -0.452. The lowest BCUT2D eigenvalue weighted by Crippen LogP contribution is -2.18. The zero-order valence-corrected chi connectivity index (χ0v) is 11.6. The maximum Gasteiger partial charge on any atom is 0.277 e. The lowest BCUT2D eigenvalue weighted by Gasteiger charge is -2.06. The van der Waals surface area contributed by atoms with Crippen LogP contribution >= 0.6 is 23.2 Å². The molecule has 0 spiro atoms. The largest absolute Gasteiger partial charge is 0.395 e. The van der Waals surface area contributed by atoms with Crippen LogP contribution in [0.2, 0.25) is 10.4 Å². The van der Waals surface area contributed by atoms with E-state index in [0.717, 1.165) is 0 Å². The van der Waals surface area contributed by atoms with Crippen molar-refractivity contribution in [3.63, 3.8) is 0 Å². The van der Waals surface area contributed by atoms with E-state index in [-0.39, 0.29) is 21.9 Å². The van der Waals surface area contributed by atoms with Crippen LogP contribution in [-0.4, -0.2) is 25.7 Å². The van der Waals surface area contributed by atoms with Crippen molar-refractivity contribution in [2.75, 3.05) is 11.1 Å². The molecule has 7 nitrogen and oxygen atoms in total. The van der Waals surface area contributed by atoms with E-state index < -0.39 is 5.91 Å². The monoisotopic (exact) mass is 300 g/mol. The van der Waals surface area contributed by atoms with Crippen molar-refractivity contribution < 1.29 is 4.79 Å². The molecule has 0 aliphatic rings. The van der Waals surface area contributed by atoms with Crippen LogP contribution in [0.3, 0.4) is 0 Å². The molecule has 0 unspecified atom stereocenters. The van der Waals surface area contributed by atoms with Crippen LogP contribution in [0.5, 0.6) is 0 Å². The Hall–Kier alpha value is -1.86. The summed E-state index contributed by atoms with van der Waals surface area (Å²) in [7, 11) is 1.62. The normalized spacial score (nSPS) is 10.5. The number of carbonyl (C=O) groups is 1. The molecule has 1 amide bonds. The first-order chi connectivity index (χ1) is 8.88. The van der Waals surface area contributed by atoms with Crippen LogP contribution in [0, 0.1) is 6.92 Å². The molecule has 0 aliphatic carbocycles. The number of anilines is 2. The van der Waals surface area contributed by atoms with Crippen LogP contribution in [0.1, 0.15) is 16.2 Å². The number of nitrogens with one attached hydrogen (secondary N) is 1. The molecular formula is C10H10Cl2N6O. The number of amides is 1. The lowest BCUT2D eigenvalue weighted by molar-refractivity contribution is 0.101. The third kappa shape index (κ3) is 2.77. The van der Waals surface area contributed by atoms with Gasteiger partial charge in [-0.3, -0.25) is 9.48 Å². The van der Waals surface area contributed by atoms with E-state index in [9.17, 15) is 4.79 Å². The number of nitrogens with two attached hydrogens (primary N) is 1. The summed E-state index contributed by atoms with van der Waals surface area (Å²) in [5, 5.41) is 6.66. The number of aromatic nitrogens is 4. The standard InChI is InChI=1S/C10H10Cl2N6O/c1-4-7(13)8(18(2)17-4)9(19)15-6-3-5(11)14-10(12)16-6/h3H,13H2,1-2H3,(H,14,15,16,19). The maximum absolute atomic E-state index is 12.1. The molecule has 100 valence electrons. The van der Waals surface area contributed by atoms with Crippen LogP contribution in [-0.2, 0) is 7.05 Å². The van der Waals surface area contributed by atoms with Crippen LogP contribution in [0.4, 0.5) is 11.5 Å².